The summed E-state index contributed by atoms with van der Waals surface area (Å²) in [5.74, 6) is -5.58. The Bertz CT molecular complexity index is 1190. The molecule has 0 aromatic heterocycles. The molecule has 1 saturated carbocycles. The van der Waals surface area contributed by atoms with E-state index in [2.05, 4.69) is 11.7 Å². The molecule has 0 atom stereocenters. The first-order valence-corrected chi connectivity index (χ1v) is 11.7. The number of hydrogen-bond acceptors (Lipinski definition) is 1. The first-order valence-electron chi connectivity index (χ1n) is 11.7. The number of alkyl halides is 3. The Morgan fingerprint density at radius 1 is 0.857 bits per heavy atom. The van der Waals surface area contributed by atoms with Gasteiger partial charge in [0.25, 0.3) is 0 Å². The van der Waals surface area contributed by atoms with Gasteiger partial charge in [0.1, 0.15) is 11.6 Å². The van der Waals surface area contributed by atoms with E-state index < -0.39 is 35.4 Å². The summed E-state index contributed by atoms with van der Waals surface area (Å²) in [5.41, 5.74) is 0.249. The van der Waals surface area contributed by atoms with Crippen LogP contribution in [0.25, 0.3) is 21.9 Å². The van der Waals surface area contributed by atoms with Gasteiger partial charge >= 0.3 is 6.36 Å². The number of hydrogen-bond donors (Lipinski definition) is 0. The second-order valence-corrected chi connectivity index (χ2v) is 9.20. The molecule has 1 nitrogen and oxygen atoms in total. The molecule has 0 unspecified atom stereocenters. The molecule has 0 heterocycles. The SMILES string of the molecule is CCCCC1CCC(c2cc(F)c(-c3ccc4c(F)c(OC(F)(F)F)c(F)cc4c3)c(F)c2)CC1. The van der Waals surface area contributed by atoms with E-state index >= 15 is 8.78 Å². The van der Waals surface area contributed by atoms with Crippen molar-refractivity contribution in [2.75, 3.05) is 0 Å². The average molecular weight is 498 g/mol. The Kier molecular flexibility index (Phi) is 7.29. The van der Waals surface area contributed by atoms with Gasteiger partial charge in [0.2, 0.25) is 5.75 Å². The first kappa shape index (κ1) is 25.3. The molecule has 1 aliphatic rings. The Labute approximate surface area is 198 Å². The number of halogens is 7. The molecule has 1 aliphatic carbocycles. The summed E-state index contributed by atoms with van der Waals surface area (Å²) in [7, 11) is 0. The molecule has 3 aromatic carbocycles. The highest BCUT2D eigenvalue weighted by Crippen LogP contribution is 2.40. The van der Waals surface area contributed by atoms with E-state index in [1.807, 2.05) is 0 Å². The van der Waals surface area contributed by atoms with Crippen molar-refractivity contribution in [1.29, 1.82) is 0 Å². The van der Waals surface area contributed by atoms with Gasteiger partial charge in [-0.1, -0.05) is 38.3 Å². The van der Waals surface area contributed by atoms with Crippen LogP contribution in [0.3, 0.4) is 0 Å². The van der Waals surface area contributed by atoms with E-state index in [1.54, 1.807) is 0 Å². The lowest BCUT2D eigenvalue weighted by atomic mass is 9.77. The number of unbranched alkanes of at least 4 members (excludes halogenated alkanes) is 1. The molecule has 0 amide bonds. The second kappa shape index (κ2) is 10.1. The van der Waals surface area contributed by atoms with E-state index in [1.165, 1.54) is 31.0 Å². The van der Waals surface area contributed by atoms with Crippen molar-refractivity contribution in [2.45, 2.75) is 64.1 Å². The number of fused-ring (bicyclic) bond motifs is 1. The highest BCUT2D eigenvalue weighted by atomic mass is 19.4. The van der Waals surface area contributed by atoms with Gasteiger partial charge in [-0.2, -0.15) is 0 Å². The maximum atomic E-state index is 15.1. The topological polar surface area (TPSA) is 9.23 Å². The number of ether oxygens (including phenoxy) is 1. The first-order chi connectivity index (χ1) is 16.6. The van der Waals surface area contributed by atoms with Crippen LogP contribution in [-0.2, 0) is 0 Å². The van der Waals surface area contributed by atoms with Crippen LogP contribution in [0.1, 0.15) is 63.4 Å². The van der Waals surface area contributed by atoms with Gasteiger partial charge in [-0.3, -0.25) is 0 Å². The smallest absolute Gasteiger partial charge is 0.399 e. The predicted molar refractivity (Wildman–Crippen MR) is 120 cm³/mol. The molecule has 1 fully saturated rings. The molecule has 35 heavy (non-hydrogen) atoms. The van der Waals surface area contributed by atoms with Crippen LogP contribution >= 0.6 is 0 Å². The molecule has 3 aromatic rings. The third-order valence-corrected chi connectivity index (χ3v) is 6.84. The Balaban J connectivity index is 1.62. The molecule has 4 rings (SSSR count). The van der Waals surface area contributed by atoms with Gasteiger partial charge in [-0.05, 0) is 78.3 Å². The molecule has 8 heteroatoms. The lowest BCUT2D eigenvalue weighted by Gasteiger charge is -2.29. The number of benzene rings is 3. The third kappa shape index (κ3) is 5.57. The zero-order valence-corrected chi connectivity index (χ0v) is 19.1. The summed E-state index contributed by atoms with van der Waals surface area (Å²) in [6, 6.07) is 6.62. The maximum Gasteiger partial charge on any atom is 0.573 e. The van der Waals surface area contributed by atoms with Crippen LogP contribution in [0.4, 0.5) is 30.7 Å². The van der Waals surface area contributed by atoms with E-state index in [9.17, 15) is 22.0 Å². The van der Waals surface area contributed by atoms with Crippen molar-refractivity contribution in [3.05, 3.63) is 65.2 Å². The van der Waals surface area contributed by atoms with Crippen molar-refractivity contribution in [2.24, 2.45) is 5.92 Å². The van der Waals surface area contributed by atoms with Crippen molar-refractivity contribution < 1.29 is 35.5 Å². The molecular weight excluding hydrogens is 473 g/mol. The van der Waals surface area contributed by atoms with Crippen LogP contribution in [-0.4, -0.2) is 6.36 Å². The van der Waals surface area contributed by atoms with Crippen molar-refractivity contribution in [1.82, 2.24) is 0 Å². The fraction of sp³-hybridized carbons (Fsp3) is 0.407. The van der Waals surface area contributed by atoms with Gasteiger partial charge in [0.15, 0.2) is 11.6 Å². The molecule has 0 radical (unpaired) electrons. The van der Waals surface area contributed by atoms with E-state index in [4.69, 9.17) is 0 Å². The van der Waals surface area contributed by atoms with E-state index in [-0.39, 0.29) is 27.8 Å². The van der Waals surface area contributed by atoms with Gasteiger partial charge < -0.3 is 4.74 Å². The summed E-state index contributed by atoms with van der Waals surface area (Å²) in [6.07, 6.45) is 2.01. The molecule has 0 spiro atoms. The van der Waals surface area contributed by atoms with Gasteiger partial charge in [-0.15, -0.1) is 13.2 Å². The highest BCUT2D eigenvalue weighted by molar-refractivity contribution is 5.89. The van der Waals surface area contributed by atoms with Crippen molar-refractivity contribution >= 4 is 10.8 Å². The summed E-state index contributed by atoms with van der Waals surface area (Å²) in [6.45, 7) is 2.15. The van der Waals surface area contributed by atoms with Crippen LogP contribution in [0.5, 0.6) is 5.75 Å². The summed E-state index contributed by atoms with van der Waals surface area (Å²) in [4.78, 5) is 0. The monoisotopic (exact) mass is 498 g/mol. The molecule has 0 N–H and O–H groups in total. The molecular formula is C27H25F7O. The van der Waals surface area contributed by atoms with Crippen molar-refractivity contribution in [3.63, 3.8) is 0 Å². The lowest BCUT2D eigenvalue weighted by Crippen LogP contribution is -2.19. The summed E-state index contributed by atoms with van der Waals surface area (Å²) < 4.78 is 99.6. The zero-order chi connectivity index (χ0) is 25.3. The minimum atomic E-state index is -5.28. The zero-order valence-electron chi connectivity index (χ0n) is 19.1. The van der Waals surface area contributed by atoms with Crippen LogP contribution in [0, 0.1) is 29.2 Å². The van der Waals surface area contributed by atoms with Crippen LogP contribution < -0.4 is 4.74 Å². The van der Waals surface area contributed by atoms with Gasteiger partial charge in [-0.25, -0.2) is 17.6 Å². The number of rotatable bonds is 6. The van der Waals surface area contributed by atoms with Gasteiger partial charge in [0, 0.05) is 5.39 Å². The third-order valence-electron chi connectivity index (χ3n) is 6.84. The minimum absolute atomic E-state index is 0.0191. The Morgan fingerprint density at radius 2 is 1.51 bits per heavy atom. The standard InChI is InChI=1S/C27H25F7O/c1-2-3-4-15-5-7-16(8-6-15)18-12-21(28)24(22(29)13-18)17-9-10-20-19(11-17)14-23(30)26(25(20)31)35-27(32,33)34/h9-16H,2-8H2,1H3. The molecule has 188 valence electrons. The maximum absolute atomic E-state index is 15.1. The normalized spacial score (nSPS) is 18.7. The quantitative estimate of drug-likeness (QED) is 0.308. The Morgan fingerprint density at radius 3 is 2.11 bits per heavy atom. The predicted octanol–water partition coefficient (Wildman–Crippen LogP) is 9.43. The van der Waals surface area contributed by atoms with Crippen LogP contribution in [0.2, 0.25) is 0 Å². The van der Waals surface area contributed by atoms with Crippen molar-refractivity contribution in [3.8, 4) is 16.9 Å². The molecule has 0 saturated heterocycles. The largest absolute Gasteiger partial charge is 0.573 e. The fourth-order valence-corrected chi connectivity index (χ4v) is 5.06. The highest BCUT2D eigenvalue weighted by Gasteiger charge is 2.34. The van der Waals surface area contributed by atoms with E-state index in [0.717, 1.165) is 44.2 Å². The lowest BCUT2D eigenvalue weighted by molar-refractivity contribution is -0.276. The summed E-state index contributed by atoms with van der Waals surface area (Å²) >= 11 is 0. The summed E-state index contributed by atoms with van der Waals surface area (Å²) in [5, 5.41) is -0.521. The van der Waals surface area contributed by atoms with Gasteiger partial charge in [0.05, 0.1) is 5.56 Å². The Hall–Kier alpha value is -2.77. The fourth-order valence-electron chi connectivity index (χ4n) is 5.06. The molecule has 0 bridgehead atoms. The van der Waals surface area contributed by atoms with Crippen LogP contribution in [0.15, 0.2) is 36.4 Å². The van der Waals surface area contributed by atoms with E-state index in [0.29, 0.717) is 17.5 Å². The minimum Gasteiger partial charge on any atom is -0.399 e. The molecule has 0 aliphatic heterocycles. The second-order valence-electron chi connectivity index (χ2n) is 9.20. The average Bonchev–Trinajstić information content (AvgIpc) is 2.79.